The van der Waals surface area contributed by atoms with Crippen LogP contribution in [0.5, 0.6) is 5.75 Å². The minimum atomic E-state index is -1.06. The van der Waals surface area contributed by atoms with Crippen LogP contribution in [0.2, 0.25) is 0 Å². The fourth-order valence-corrected chi connectivity index (χ4v) is 4.62. The Kier molecular flexibility index (Phi) is 7.78. The molecular formula is C24H24N2O6S. The highest BCUT2D eigenvalue weighted by molar-refractivity contribution is 7.19. The number of nitrogens with one attached hydrogen (secondary N) is 1. The normalized spacial score (nSPS) is 11.6. The van der Waals surface area contributed by atoms with Gasteiger partial charge in [-0.25, -0.2) is 4.79 Å². The van der Waals surface area contributed by atoms with Crippen LogP contribution in [0.25, 0.3) is 10.1 Å². The number of hydrogen-bond donors (Lipinski definition) is 2. The largest absolute Gasteiger partial charge is 0.483 e. The molecule has 3 rings (SSSR count). The Morgan fingerprint density at radius 2 is 1.79 bits per heavy atom. The first-order valence-electron chi connectivity index (χ1n) is 10.3. The number of thiophene rings is 1. The van der Waals surface area contributed by atoms with Gasteiger partial charge >= 0.3 is 5.97 Å². The van der Waals surface area contributed by atoms with Crippen LogP contribution in [0, 0.1) is 0 Å². The molecule has 2 amide bonds. The third-order valence-corrected chi connectivity index (χ3v) is 6.28. The van der Waals surface area contributed by atoms with E-state index in [4.69, 9.17) is 15.2 Å². The summed E-state index contributed by atoms with van der Waals surface area (Å²) in [7, 11) is 1.25. The molecule has 0 unspecified atom stereocenters. The number of amides is 2. The second-order valence-electron chi connectivity index (χ2n) is 7.20. The van der Waals surface area contributed by atoms with Gasteiger partial charge in [0.1, 0.15) is 11.8 Å². The molecular weight excluding hydrogens is 444 g/mol. The Labute approximate surface area is 194 Å². The summed E-state index contributed by atoms with van der Waals surface area (Å²) >= 11 is 1.37. The number of ketones is 1. The lowest BCUT2D eigenvalue weighted by Crippen LogP contribution is -2.44. The molecule has 3 N–H and O–H groups in total. The monoisotopic (exact) mass is 468 g/mol. The number of ether oxygens (including phenoxy) is 2. The number of esters is 1. The number of carbonyl (C=O) groups is 4. The summed E-state index contributed by atoms with van der Waals surface area (Å²) in [5.41, 5.74) is 6.31. The maximum atomic E-state index is 12.6. The fourth-order valence-electron chi connectivity index (χ4n) is 3.46. The molecule has 0 aliphatic carbocycles. The molecule has 0 spiro atoms. The smallest absolute Gasteiger partial charge is 0.328 e. The van der Waals surface area contributed by atoms with Crippen LogP contribution in [-0.2, 0) is 32.0 Å². The molecule has 8 nitrogen and oxygen atoms in total. The first-order valence-corrected chi connectivity index (χ1v) is 11.1. The standard InChI is InChI=1S/C24H24N2O6S/c1-3-17-21(22(28)23(25)29)20-16(10-7-11-18(20)33-17)32-13-19(27)26-15(24(30)31-2)12-14-8-5-4-6-9-14/h4-11,15H,3,12-13H2,1-2H3,(H2,25,29)(H,26,27)/t15-/m0/s1. The van der Waals surface area contributed by atoms with Crippen LogP contribution < -0.4 is 15.8 Å². The van der Waals surface area contributed by atoms with E-state index < -0.39 is 36.2 Å². The van der Waals surface area contributed by atoms with Gasteiger partial charge in [0, 0.05) is 21.4 Å². The predicted molar refractivity (Wildman–Crippen MR) is 124 cm³/mol. The molecule has 0 bridgehead atoms. The summed E-state index contributed by atoms with van der Waals surface area (Å²) in [4.78, 5) is 49.5. The highest BCUT2D eigenvalue weighted by atomic mass is 32.1. The highest BCUT2D eigenvalue weighted by Crippen LogP contribution is 2.38. The Morgan fingerprint density at radius 1 is 1.06 bits per heavy atom. The first-order chi connectivity index (χ1) is 15.8. The second kappa shape index (κ2) is 10.7. The van der Waals surface area contributed by atoms with Crippen molar-refractivity contribution in [2.75, 3.05) is 13.7 Å². The zero-order chi connectivity index (χ0) is 24.0. The van der Waals surface area contributed by atoms with E-state index in [-0.39, 0.29) is 17.7 Å². The summed E-state index contributed by atoms with van der Waals surface area (Å²) < 4.78 is 11.3. The van der Waals surface area contributed by atoms with E-state index in [1.54, 1.807) is 18.2 Å². The van der Waals surface area contributed by atoms with Crippen molar-refractivity contribution in [1.82, 2.24) is 5.32 Å². The number of aryl methyl sites for hydroxylation is 1. The molecule has 172 valence electrons. The van der Waals surface area contributed by atoms with Crippen molar-refractivity contribution in [3.63, 3.8) is 0 Å². The van der Waals surface area contributed by atoms with Gasteiger partial charge in [-0.2, -0.15) is 0 Å². The highest BCUT2D eigenvalue weighted by Gasteiger charge is 2.25. The Hall–Kier alpha value is -3.72. The first kappa shape index (κ1) is 23.9. The van der Waals surface area contributed by atoms with E-state index in [0.29, 0.717) is 16.7 Å². The molecule has 0 fully saturated rings. The molecule has 0 radical (unpaired) electrons. The Bertz CT molecular complexity index is 1190. The van der Waals surface area contributed by atoms with E-state index >= 15 is 0 Å². The maximum Gasteiger partial charge on any atom is 0.328 e. The SMILES string of the molecule is CCc1sc2cccc(OCC(=O)N[C@@H](Cc3ccccc3)C(=O)OC)c2c1C(=O)C(N)=O. The predicted octanol–water partition coefficient (Wildman–Crippen LogP) is 2.41. The molecule has 0 saturated heterocycles. The van der Waals surface area contributed by atoms with E-state index in [1.807, 2.05) is 37.3 Å². The van der Waals surface area contributed by atoms with Gasteiger partial charge in [0.25, 0.3) is 17.6 Å². The van der Waals surface area contributed by atoms with E-state index in [9.17, 15) is 19.2 Å². The van der Waals surface area contributed by atoms with Gasteiger partial charge < -0.3 is 20.5 Å². The summed E-state index contributed by atoms with van der Waals surface area (Å²) in [5, 5.41) is 3.08. The molecule has 1 atom stereocenters. The zero-order valence-electron chi connectivity index (χ0n) is 18.3. The summed E-state index contributed by atoms with van der Waals surface area (Å²) in [6.07, 6.45) is 0.796. The van der Waals surface area contributed by atoms with E-state index in [1.165, 1.54) is 18.4 Å². The number of nitrogens with two attached hydrogens (primary N) is 1. The molecule has 0 aliphatic heterocycles. The zero-order valence-corrected chi connectivity index (χ0v) is 19.1. The average Bonchev–Trinajstić information content (AvgIpc) is 3.21. The van der Waals surface area contributed by atoms with Crippen molar-refractivity contribution in [2.24, 2.45) is 5.73 Å². The van der Waals surface area contributed by atoms with Crippen molar-refractivity contribution in [3.8, 4) is 5.75 Å². The lowest BCUT2D eigenvalue weighted by molar-refractivity contribution is -0.145. The maximum absolute atomic E-state index is 12.6. The van der Waals surface area contributed by atoms with Crippen molar-refractivity contribution in [3.05, 3.63) is 64.5 Å². The fraction of sp³-hybridized carbons (Fsp3) is 0.250. The quantitative estimate of drug-likeness (QED) is 0.267. The number of fused-ring (bicyclic) bond motifs is 1. The van der Waals surface area contributed by atoms with E-state index in [0.717, 1.165) is 10.3 Å². The lowest BCUT2D eigenvalue weighted by Gasteiger charge is -2.17. The van der Waals surface area contributed by atoms with Crippen LogP contribution in [0.15, 0.2) is 48.5 Å². The molecule has 2 aromatic carbocycles. The number of carbonyl (C=O) groups excluding carboxylic acids is 4. The third kappa shape index (κ3) is 5.56. The minimum Gasteiger partial charge on any atom is -0.483 e. The molecule has 9 heteroatoms. The number of rotatable bonds is 10. The van der Waals surface area contributed by atoms with Crippen molar-refractivity contribution in [2.45, 2.75) is 25.8 Å². The van der Waals surface area contributed by atoms with Gasteiger partial charge in [-0.05, 0) is 24.1 Å². The third-order valence-electron chi connectivity index (χ3n) is 4.98. The van der Waals surface area contributed by atoms with Crippen LogP contribution in [0.4, 0.5) is 0 Å². The number of hydrogen-bond acceptors (Lipinski definition) is 7. The minimum absolute atomic E-state index is 0.206. The molecule has 1 heterocycles. The van der Waals surface area contributed by atoms with Gasteiger partial charge in [0.15, 0.2) is 6.61 Å². The van der Waals surface area contributed by atoms with Crippen LogP contribution in [0.1, 0.15) is 27.7 Å². The molecule has 33 heavy (non-hydrogen) atoms. The molecule has 3 aromatic rings. The number of benzene rings is 2. The van der Waals surface area contributed by atoms with Crippen molar-refractivity contribution in [1.29, 1.82) is 0 Å². The number of primary amides is 1. The second-order valence-corrected chi connectivity index (χ2v) is 8.33. The van der Waals surface area contributed by atoms with Gasteiger partial charge in [0.2, 0.25) is 0 Å². The molecule has 0 saturated carbocycles. The van der Waals surface area contributed by atoms with Gasteiger partial charge in [-0.3, -0.25) is 14.4 Å². The summed E-state index contributed by atoms with van der Waals surface area (Å²) in [5.74, 6) is -2.69. The van der Waals surface area contributed by atoms with Crippen LogP contribution >= 0.6 is 11.3 Å². The summed E-state index contributed by atoms with van der Waals surface area (Å²) in [6.45, 7) is 1.47. The average molecular weight is 469 g/mol. The lowest BCUT2D eigenvalue weighted by atomic mass is 10.0. The van der Waals surface area contributed by atoms with Crippen LogP contribution in [0.3, 0.4) is 0 Å². The Balaban J connectivity index is 1.79. The van der Waals surface area contributed by atoms with Gasteiger partial charge in [-0.15, -0.1) is 11.3 Å². The van der Waals surface area contributed by atoms with Crippen LogP contribution in [-0.4, -0.2) is 43.3 Å². The van der Waals surface area contributed by atoms with Gasteiger partial charge in [-0.1, -0.05) is 43.3 Å². The van der Waals surface area contributed by atoms with Gasteiger partial charge in [0.05, 0.1) is 12.7 Å². The Morgan fingerprint density at radius 3 is 2.42 bits per heavy atom. The van der Waals surface area contributed by atoms with Crippen molar-refractivity contribution < 1.29 is 28.7 Å². The number of methoxy groups -OCH3 is 1. The summed E-state index contributed by atoms with van der Waals surface area (Å²) in [6, 6.07) is 13.5. The van der Waals surface area contributed by atoms with E-state index in [2.05, 4.69) is 5.32 Å². The topological polar surface area (TPSA) is 125 Å². The van der Waals surface area contributed by atoms with Crippen molar-refractivity contribution >= 4 is 45.0 Å². The molecule has 0 aliphatic rings. The molecule has 1 aromatic heterocycles. The number of Topliss-reactive ketones (excluding diaryl/α,β-unsaturated/α-hetero) is 1.